The van der Waals surface area contributed by atoms with Crippen molar-refractivity contribution in [3.05, 3.63) is 59.7 Å². The number of para-hydroxylation sites is 2. The Labute approximate surface area is 122 Å². The maximum atomic E-state index is 12.3. The summed E-state index contributed by atoms with van der Waals surface area (Å²) in [4.78, 5) is 12.3. The number of nitrogens with one attached hydrogen (secondary N) is 1. The normalized spacial score (nSPS) is 16.4. The van der Waals surface area contributed by atoms with Crippen molar-refractivity contribution < 1.29 is 9.53 Å². The highest BCUT2D eigenvalue weighted by Gasteiger charge is 2.28. The molecule has 4 heteroatoms. The molecule has 102 valence electrons. The van der Waals surface area contributed by atoms with Crippen molar-refractivity contribution in [3.8, 4) is 5.75 Å². The van der Waals surface area contributed by atoms with Crippen LogP contribution in [0.25, 0.3) is 0 Å². The number of benzene rings is 2. The first-order valence-electron chi connectivity index (χ1n) is 6.47. The minimum Gasteiger partial charge on any atom is -0.480 e. The molecule has 0 radical (unpaired) electrons. The van der Waals surface area contributed by atoms with Gasteiger partial charge in [0.2, 0.25) is 0 Å². The zero-order valence-electron chi connectivity index (χ0n) is 10.8. The number of carbonyl (C=O) groups is 1. The lowest BCUT2D eigenvalue weighted by molar-refractivity contribution is -0.122. The van der Waals surface area contributed by atoms with Gasteiger partial charge in [0, 0.05) is 18.0 Å². The summed E-state index contributed by atoms with van der Waals surface area (Å²) in [5, 5.41) is 2.89. The molecular formula is C16H14ClNO2. The van der Waals surface area contributed by atoms with Gasteiger partial charge in [0.1, 0.15) is 5.75 Å². The highest BCUT2D eigenvalue weighted by Crippen LogP contribution is 2.29. The quantitative estimate of drug-likeness (QED) is 0.879. The van der Waals surface area contributed by atoms with Gasteiger partial charge in [-0.3, -0.25) is 4.79 Å². The molecule has 0 fully saturated rings. The first-order chi connectivity index (χ1) is 9.78. The summed E-state index contributed by atoms with van der Waals surface area (Å²) in [6.45, 7) is 0. The van der Waals surface area contributed by atoms with E-state index >= 15 is 0 Å². The molecule has 0 saturated carbocycles. The van der Waals surface area contributed by atoms with E-state index in [0.29, 0.717) is 12.3 Å². The fourth-order valence-electron chi connectivity index (χ4n) is 2.30. The fraction of sp³-hybridized carbons (Fsp3) is 0.188. The summed E-state index contributed by atoms with van der Waals surface area (Å²) >= 11 is 5.87. The van der Waals surface area contributed by atoms with Crippen molar-refractivity contribution in [2.24, 2.45) is 0 Å². The Morgan fingerprint density at radius 3 is 2.75 bits per heavy atom. The zero-order chi connectivity index (χ0) is 13.9. The van der Waals surface area contributed by atoms with E-state index in [1.54, 1.807) is 0 Å². The lowest BCUT2D eigenvalue weighted by atomic mass is 10.1. The van der Waals surface area contributed by atoms with Crippen LogP contribution in [0.5, 0.6) is 5.75 Å². The highest BCUT2D eigenvalue weighted by atomic mass is 35.5. The average Bonchev–Trinajstić information content (AvgIpc) is 2.92. The van der Waals surface area contributed by atoms with Gasteiger partial charge in [0.15, 0.2) is 6.10 Å². The van der Waals surface area contributed by atoms with Crippen molar-refractivity contribution in [1.29, 1.82) is 0 Å². The third kappa shape index (κ3) is 2.49. The molecule has 3 rings (SSSR count). The molecule has 1 atom stereocenters. The van der Waals surface area contributed by atoms with Gasteiger partial charge in [-0.2, -0.15) is 0 Å². The van der Waals surface area contributed by atoms with E-state index in [1.165, 1.54) is 0 Å². The van der Waals surface area contributed by atoms with Gasteiger partial charge < -0.3 is 10.1 Å². The van der Waals surface area contributed by atoms with Crippen LogP contribution in [-0.4, -0.2) is 12.0 Å². The van der Waals surface area contributed by atoms with Crippen LogP contribution in [-0.2, 0) is 17.1 Å². The van der Waals surface area contributed by atoms with Crippen LogP contribution in [0.15, 0.2) is 48.5 Å². The van der Waals surface area contributed by atoms with Gasteiger partial charge in [0.05, 0.1) is 0 Å². The molecule has 0 saturated heterocycles. The number of hydrogen-bond donors (Lipinski definition) is 1. The Morgan fingerprint density at radius 1 is 1.20 bits per heavy atom. The number of halogens is 1. The Morgan fingerprint density at radius 2 is 1.95 bits per heavy atom. The van der Waals surface area contributed by atoms with Crippen molar-refractivity contribution in [2.75, 3.05) is 5.32 Å². The number of carbonyl (C=O) groups excluding carboxylic acids is 1. The predicted octanol–water partition coefficient (Wildman–Crippen LogP) is 3.37. The van der Waals surface area contributed by atoms with Gasteiger partial charge in [-0.25, -0.2) is 0 Å². The summed E-state index contributed by atoms with van der Waals surface area (Å²) < 4.78 is 5.67. The molecule has 20 heavy (non-hydrogen) atoms. The highest BCUT2D eigenvalue weighted by molar-refractivity contribution is 6.17. The van der Waals surface area contributed by atoms with Crippen molar-refractivity contribution >= 4 is 23.2 Å². The van der Waals surface area contributed by atoms with E-state index in [4.69, 9.17) is 16.3 Å². The van der Waals surface area contributed by atoms with Gasteiger partial charge in [0.25, 0.3) is 5.91 Å². The fourth-order valence-corrected chi connectivity index (χ4v) is 2.53. The number of amides is 1. The number of fused-ring (bicyclic) bond motifs is 1. The molecule has 1 unspecified atom stereocenters. The molecule has 1 aliphatic heterocycles. The Kier molecular flexibility index (Phi) is 3.61. The maximum absolute atomic E-state index is 12.3. The minimum atomic E-state index is -0.476. The summed E-state index contributed by atoms with van der Waals surface area (Å²) in [5.41, 5.74) is 2.71. The van der Waals surface area contributed by atoms with Crippen LogP contribution in [0.4, 0.5) is 5.69 Å². The topological polar surface area (TPSA) is 38.3 Å². The SMILES string of the molecule is O=C(Nc1ccccc1CCl)C1Cc2ccccc2O1. The summed E-state index contributed by atoms with van der Waals surface area (Å²) in [5.74, 6) is 1.01. The second kappa shape index (κ2) is 5.55. The molecule has 1 aliphatic rings. The first-order valence-corrected chi connectivity index (χ1v) is 7.00. The second-order valence-corrected chi connectivity index (χ2v) is 4.97. The molecular weight excluding hydrogens is 274 g/mol. The largest absolute Gasteiger partial charge is 0.480 e. The zero-order valence-corrected chi connectivity index (χ0v) is 11.6. The van der Waals surface area contributed by atoms with Gasteiger partial charge in [-0.15, -0.1) is 11.6 Å². The third-order valence-electron chi connectivity index (χ3n) is 3.36. The van der Waals surface area contributed by atoms with Crippen LogP contribution >= 0.6 is 11.6 Å². The average molecular weight is 288 g/mol. The lowest BCUT2D eigenvalue weighted by Crippen LogP contribution is -2.31. The van der Waals surface area contributed by atoms with Crippen molar-refractivity contribution in [2.45, 2.75) is 18.4 Å². The van der Waals surface area contributed by atoms with E-state index in [-0.39, 0.29) is 5.91 Å². The van der Waals surface area contributed by atoms with Crippen LogP contribution < -0.4 is 10.1 Å². The van der Waals surface area contributed by atoms with Gasteiger partial charge >= 0.3 is 0 Å². The Hall–Kier alpha value is -2.00. The van der Waals surface area contributed by atoms with Crippen molar-refractivity contribution in [1.82, 2.24) is 0 Å². The number of ether oxygens (including phenoxy) is 1. The van der Waals surface area contributed by atoms with Crippen molar-refractivity contribution in [3.63, 3.8) is 0 Å². The Balaban J connectivity index is 1.72. The minimum absolute atomic E-state index is 0.140. The van der Waals surface area contributed by atoms with Crippen LogP contribution in [0, 0.1) is 0 Å². The first kappa shape index (κ1) is 13.0. The molecule has 3 nitrogen and oxygen atoms in total. The second-order valence-electron chi connectivity index (χ2n) is 4.70. The molecule has 1 N–H and O–H groups in total. The molecule has 0 bridgehead atoms. The van der Waals surface area contributed by atoms with Crippen LogP contribution in [0.3, 0.4) is 0 Å². The standard InChI is InChI=1S/C16H14ClNO2/c17-10-12-6-1-3-7-13(12)18-16(19)15-9-11-5-2-4-8-14(11)20-15/h1-8,15H,9-10H2,(H,18,19). The molecule has 2 aromatic carbocycles. The summed E-state index contributed by atoms with van der Waals surface area (Å²) in [6, 6.07) is 15.2. The van der Waals surface area contributed by atoms with Crippen LogP contribution in [0.2, 0.25) is 0 Å². The predicted molar refractivity (Wildman–Crippen MR) is 79.2 cm³/mol. The number of rotatable bonds is 3. The molecule has 0 aliphatic carbocycles. The number of anilines is 1. The summed E-state index contributed by atoms with van der Waals surface area (Å²) in [6.07, 6.45) is 0.126. The maximum Gasteiger partial charge on any atom is 0.265 e. The van der Waals surface area contributed by atoms with E-state index in [1.807, 2.05) is 48.5 Å². The van der Waals surface area contributed by atoms with E-state index in [2.05, 4.69) is 5.32 Å². The summed E-state index contributed by atoms with van der Waals surface area (Å²) in [7, 11) is 0. The van der Waals surface area contributed by atoms with E-state index in [9.17, 15) is 4.79 Å². The van der Waals surface area contributed by atoms with Gasteiger partial charge in [-0.1, -0.05) is 36.4 Å². The molecule has 1 amide bonds. The monoisotopic (exact) mass is 287 g/mol. The smallest absolute Gasteiger partial charge is 0.265 e. The molecule has 1 heterocycles. The lowest BCUT2D eigenvalue weighted by Gasteiger charge is -2.13. The molecule has 2 aromatic rings. The van der Waals surface area contributed by atoms with E-state index in [0.717, 1.165) is 22.6 Å². The third-order valence-corrected chi connectivity index (χ3v) is 3.65. The molecule has 0 spiro atoms. The number of hydrogen-bond acceptors (Lipinski definition) is 2. The number of alkyl halides is 1. The van der Waals surface area contributed by atoms with Crippen LogP contribution in [0.1, 0.15) is 11.1 Å². The molecule has 0 aromatic heterocycles. The van der Waals surface area contributed by atoms with E-state index < -0.39 is 6.10 Å². The Bertz CT molecular complexity index is 617. The van der Waals surface area contributed by atoms with Gasteiger partial charge in [-0.05, 0) is 23.3 Å².